The molecule has 2 fully saturated rings. The summed E-state index contributed by atoms with van der Waals surface area (Å²) >= 11 is 6.40. The van der Waals surface area contributed by atoms with Gasteiger partial charge in [-0.3, -0.25) is 4.57 Å². The molecule has 182 valence electrons. The van der Waals surface area contributed by atoms with Crippen LogP contribution in [0.3, 0.4) is 0 Å². The standard InChI is InChI=1S/C24H29ClN4O4S/c1-15-26-23-19(14-21(25)28-24(23)29(15)22-5-3-4-10-33-22)27-18-7-6-17(13-20(18)34(2,30)31)16-8-11-32-12-9-16/h6-7,13-14,16,22H,3-5,8-12H2,1-2H3,(H,27,28). The first kappa shape index (κ1) is 23.5. The van der Waals surface area contributed by atoms with Crippen molar-refractivity contribution in [1.82, 2.24) is 14.5 Å². The molecule has 2 aliphatic rings. The Morgan fingerprint density at radius 1 is 1.06 bits per heavy atom. The molecule has 2 saturated heterocycles. The third-order valence-corrected chi connectivity index (χ3v) is 7.93. The van der Waals surface area contributed by atoms with Crippen LogP contribution in [-0.2, 0) is 19.3 Å². The molecular weight excluding hydrogens is 476 g/mol. The Balaban J connectivity index is 1.56. The van der Waals surface area contributed by atoms with Crippen LogP contribution in [0.5, 0.6) is 0 Å². The van der Waals surface area contributed by atoms with Gasteiger partial charge in [-0.05, 0) is 62.6 Å². The molecule has 3 aromatic rings. The summed E-state index contributed by atoms with van der Waals surface area (Å²) in [6, 6.07) is 7.29. The maximum atomic E-state index is 12.7. The number of imidazole rings is 1. The number of ether oxygens (including phenoxy) is 2. The van der Waals surface area contributed by atoms with Crippen LogP contribution in [0, 0.1) is 6.92 Å². The van der Waals surface area contributed by atoms with Crippen LogP contribution in [0.4, 0.5) is 11.4 Å². The number of halogens is 1. The lowest BCUT2D eigenvalue weighted by Gasteiger charge is -2.25. The summed E-state index contributed by atoms with van der Waals surface area (Å²) in [7, 11) is -3.49. The second-order valence-corrected chi connectivity index (χ2v) is 11.4. The smallest absolute Gasteiger partial charge is 0.177 e. The molecule has 5 rings (SSSR count). The molecule has 0 aliphatic carbocycles. The molecule has 0 spiro atoms. The van der Waals surface area contributed by atoms with Crippen molar-refractivity contribution in [2.75, 3.05) is 31.4 Å². The van der Waals surface area contributed by atoms with Gasteiger partial charge in [0.1, 0.15) is 22.7 Å². The van der Waals surface area contributed by atoms with Gasteiger partial charge in [0.25, 0.3) is 0 Å². The second kappa shape index (κ2) is 9.45. The molecule has 8 nitrogen and oxygen atoms in total. The molecule has 2 aromatic heterocycles. The van der Waals surface area contributed by atoms with Gasteiger partial charge >= 0.3 is 0 Å². The highest BCUT2D eigenvalue weighted by Crippen LogP contribution is 2.36. The van der Waals surface area contributed by atoms with Gasteiger partial charge in [0.15, 0.2) is 15.5 Å². The van der Waals surface area contributed by atoms with Crippen LogP contribution in [0.15, 0.2) is 29.2 Å². The van der Waals surface area contributed by atoms with E-state index < -0.39 is 9.84 Å². The molecule has 1 aromatic carbocycles. The van der Waals surface area contributed by atoms with Crippen LogP contribution < -0.4 is 5.32 Å². The molecule has 10 heteroatoms. The first-order chi connectivity index (χ1) is 16.3. The van der Waals surface area contributed by atoms with Crippen LogP contribution in [0.2, 0.25) is 5.15 Å². The van der Waals surface area contributed by atoms with Gasteiger partial charge in [-0.15, -0.1) is 0 Å². The number of rotatable bonds is 5. The highest BCUT2D eigenvalue weighted by Gasteiger charge is 2.25. The minimum Gasteiger partial charge on any atom is -0.381 e. The number of benzene rings is 1. The molecule has 4 heterocycles. The lowest BCUT2D eigenvalue weighted by Crippen LogP contribution is -2.19. The number of anilines is 2. The van der Waals surface area contributed by atoms with E-state index in [-0.39, 0.29) is 11.1 Å². The zero-order valence-corrected chi connectivity index (χ0v) is 21.0. The average molecular weight is 505 g/mol. The van der Waals surface area contributed by atoms with Gasteiger partial charge in [0.2, 0.25) is 0 Å². The van der Waals surface area contributed by atoms with Crippen molar-refractivity contribution in [3.05, 3.63) is 40.8 Å². The zero-order valence-electron chi connectivity index (χ0n) is 19.4. The number of pyridine rings is 1. The van der Waals surface area contributed by atoms with Gasteiger partial charge in [0, 0.05) is 32.1 Å². The van der Waals surface area contributed by atoms with Crippen LogP contribution in [-0.4, -0.2) is 49.0 Å². The van der Waals surface area contributed by atoms with Crippen LogP contribution >= 0.6 is 11.6 Å². The third kappa shape index (κ3) is 4.66. The number of aromatic nitrogens is 3. The Kier molecular flexibility index (Phi) is 6.54. The summed E-state index contributed by atoms with van der Waals surface area (Å²) in [6.45, 7) is 4.01. The lowest BCUT2D eigenvalue weighted by atomic mass is 9.91. The van der Waals surface area contributed by atoms with E-state index in [2.05, 4.69) is 10.3 Å². The van der Waals surface area contributed by atoms with Gasteiger partial charge < -0.3 is 14.8 Å². The van der Waals surface area contributed by atoms with Gasteiger partial charge in [-0.1, -0.05) is 17.7 Å². The van der Waals surface area contributed by atoms with Crippen molar-refractivity contribution in [3.63, 3.8) is 0 Å². The largest absolute Gasteiger partial charge is 0.381 e. The minimum atomic E-state index is -3.49. The van der Waals surface area contributed by atoms with Crippen molar-refractivity contribution in [2.45, 2.75) is 56.1 Å². The van der Waals surface area contributed by atoms with E-state index in [4.69, 9.17) is 26.1 Å². The summed E-state index contributed by atoms with van der Waals surface area (Å²) in [6.07, 6.45) is 5.87. The average Bonchev–Trinajstić information content (AvgIpc) is 3.15. The van der Waals surface area contributed by atoms with Crippen molar-refractivity contribution in [2.24, 2.45) is 0 Å². The van der Waals surface area contributed by atoms with E-state index in [0.717, 1.165) is 43.5 Å². The Morgan fingerprint density at radius 2 is 1.85 bits per heavy atom. The fourth-order valence-electron chi connectivity index (χ4n) is 4.89. The Labute approximate surface area is 204 Å². The van der Waals surface area contributed by atoms with Crippen LogP contribution in [0.25, 0.3) is 11.2 Å². The van der Waals surface area contributed by atoms with E-state index in [9.17, 15) is 8.42 Å². The van der Waals surface area contributed by atoms with Gasteiger partial charge in [-0.2, -0.15) is 0 Å². The van der Waals surface area contributed by atoms with Crippen molar-refractivity contribution in [3.8, 4) is 0 Å². The molecule has 34 heavy (non-hydrogen) atoms. The van der Waals surface area contributed by atoms with E-state index in [1.807, 2.05) is 23.6 Å². The Hall–Kier alpha value is -2.20. The molecule has 0 amide bonds. The minimum absolute atomic E-state index is 0.136. The Morgan fingerprint density at radius 3 is 2.56 bits per heavy atom. The predicted octanol–water partition coefficient (Wildman–Crippen LogP) is 5.13. The summed E-state index contributed by atoms with van der Waals surface area (Å²) in [5, 5.41) is 3.59. The van der Waals surface area contributed by atoms with E-state index in [0.29, 0.717) is 53.4 Å². The fraction of sp³-hybridized carbons (Fsp3) is 0.500. The number of nitrogens with one attached hydrogen (secondary N) is 1. The van der Waals surface area contributed by atoms with E-state index in [1.165, 1.54) is 6.26 Å². The molecule has 1 N–H and O–H groups in total. The maximum absolute atomic E-state index is 12.7. The summed E-state index contributed by atoms with van der Waals surface area (Å²) in [5.41, 5.74) is 3.37. The lowest BCUT2D eigenvalue weighted by molar-refractivity contribution is -0.0309. The fourth-order valence-corrected chi connectivity index (χ4v) is 5.95. The van der Waals surface area contributed by atoms with Crippen molar-refractivity contribution < 1.29 is 17.9 Å². The number of fused-ring (bicyclic) bond motifs is 1. The monoisotopic (exact) mass is 504 g/mol. The maximum Gasteiger partial charge on any atom is 0.177 e. The second-order valence-electron chi connectivity index (χ2n) is 9.05. The van der Waals surface area contributed by atoms with E-state index >= 15 is 0 Å². The number of sulfone groups is 1. The highest BCUT2D eigenvalue weighted by molar-refractivity contribution is 7.90. The number of hydrogen-bond donors (Lipinski definition) is 1. The number of nitrogens with zero attached hydrogens (tertiary/aromatic N) is 3. The van der Waals surface area contributed by atoms with Crippen molar-refractivity contribution in [1.29, 1.82) is 0 Å². The van der Waals surface area contributed by atoms with Crippen molar-refractivity contribution >= 4 is 44.0 Å². The molecule has 1 unspecified atom stereocenters. The number of aryl methyl sites for hydroxylation is 1. The third-order valence-electron chi connectivity index (χ3n) is 6.60. The Bertz CT molecular complexity index is 1310. The normalized spacial score (nSPS) is 20.0. The van der Waals surface area contributed by atoms with Gasteiger partial charge in [0.05, 0.1) is 16.3 Å². The quantitative estimate of drug-likeness (QED) is 0.481. The van der Waals surface area contributed by atoms with Gasteiger partial charge in [-0.25, -0.2) is 18.4 Å². The first-order valence-electron chi connectivity index (χ1n) is 11.7. The molecule has 0 saturated carbocycles. The molecule has 1 atom stereocenters. The summed E-state index contributed by atoms with van der Waals surface area (Å²) in [4.78, 5) is 9.53. The molecule has 0 bridgehead atoms. The molecule has 0 radical (unpaired) electrons. The summed E-state index contributed by atoms with van der Waals surface area (Å²) < 4.78 is 38.9. The predicted molar refractivity (Wildman–Crippen MR) is 132 cm³/mol. The SMILES string of the molecule is Cc1nc2c(Nc3ccc(C4CCOCC4)cc3S(C)(=O)=O)cc(Cl)nc2n1C1CCCCO1. The summed E-state index contributed by atoms with van der Waals surface area (Å²) in [5.74, 6) is 1.07. The van der Waals surface area contributed by atoms with Crippen LogP contribution in [0.1, 0.15) is 55.6 Å². The first-order valence-corrected chi connectivity index (χ1v) is 13.9. The molecule has 2 aliphatic heterocycles. The molecular formula is C24H29ClN4O4S. The highest BCUT2D eigenvalue weighted by atomic mass is 35.5. The zero-order chi connectivity index (χ0) is 23.9. The number of hydrogen-bond acceptors (Lipinski definition) is 7. The van der Waals surface area contributed by atoms with E-state index in [1.54, 1.807) is 12.1 Å². The topological polar surface area (TPSA) is 95.3 Å².